The Bertz CT molecular complexity index is 1230. The van der Waals surface area contributed by atoms with Crippen LogP contribution in [0.15, 0.2) is 97.5 Å². The summed E-state index contributed by atoms with van der Waals surface area (Å²) in [6, 6.07) is 23.9. The minimum Gasteiger partial charge on any atom is -0.379 e. The molecule has 4 aromatic rings. The zero-order valence-corrected chi connectivity index (χ0v) is 16.2. The standard InChI is InChI=1S/C25H20N4O/c30-25(19-12-15-26-16-13-19)28-20-7-9-21(10-8-20)29-17-3-14-27-24-22-5-2-1-4-18(22)6-11-23(24)29/h1-13,15-17,27H,14H2,(H,28,30). The number of nitrogens with zero attached hydrogens (tertiary/aromatic N) is 2. The summed E-state index contributed by atoms with van der Waals surface area (Å²) < 4.78 is 0. The molecule has 3 aromatic carbocycles. The van der Waals surface area contributed by atoms with Gasteiger partial charge in [-0.2, -0.15) is 0 Å². The van der Waals surface area contributed by atoms with E-state index in [1.54, 1.807) is 24.5 Å². The van der Waals surface area contributed by atoms with Crippen molar-refractivity contribution in [2.24, 2.45) is 0 Å². The van der Waals surface area contributed by atoms with Crippen molar-refractivity contribution in [3.63, 3.8) is 0 Å². The maximum absolute atomic E-state index is 12.4. The Labute approximate surface area is 174 Å². The molecule has 30 heavy (non-hydrogen) atoms. The number of anilines is 4. The minimum atomic E-state index is -0.152. The first kappa shape index (κ1) is 17.9. The second-order valence-electron chi connectivity index (χ2n) is 7.05. The fourth-order valence-corrected chi connectivity index (χ4v) is 3.68. The van der Waals surface area contributed by atoms with Crippen LogP contribution in [-0.4, -0.2) is 17.4 Å². The van der Waals surface area contributed by atoms with E-state index in [2.05, 4.69) is 69.2 Å². The molecule has 0 unspecified atom stereocenters. The Morgan fingerprint density at radius 1 is 0.933 bits per heavy atom. The number of carbonyl (C=O) groups is 1. The highest BCUT2D eigenvalue weighted by Gasteiger charge is 2.16. The van der Waals surface area contributed by atoms with Gasteiger partial charge in [0, 0.05) is 47.5 Å². The number of amides is 1. The molecular formula is C25H20N4O. The highest BCUT2D eigenvalue weighted by molar-refractivity contribution is 6.04. The van der Waals surface area contributed by atoms with Crippen LogP contribution in [0.1, 0.15) is 10.4 Å². The van der Waals surface area contributed by atoms with Gasteiger partial charge in [-0.15, -0.1) is 0 Å². The zero-order valence-electron chi connectivity index (χ0n) is 16.2. The van der Waals surface area contributed by atoms with Crippen molar-refractivity contribution in [2.45, 2.75) is 0 Å². The lowest BCUT2D eigenvalue weighted by Gasteiger charge is -2.23. The number of fused-ring (bicyclic) bond motifs is 3. The summed E-state index contributed by atoms with van der Waals surface area (Å²) >= 11 is 0. The molecule has 0 saturated heterocycles. The molecule has 1 aliphatic rings. The molecule has 1 aliphatic heterocycles. The fraction of sp³-hybridized carbons (Fsp3) is 0.0400. The molecule has 1 amide bonds. The van der Waals surface area contributed by atoms with Gasteiger partial charge in [0.1, 0.15) is 0 Å². The van der Waals surface area contributed by atoms with E-state index in [9.17, 15) is 4.79 Å². The van der Waals surface area contributed by atoms with Gasteiger partial charge in [-0.1, -0.05) is 30.3 Å². The number of pyridine rings is 1. The van der Waals surface area contributed by atoms with Gasteiger partial charge >= 0.3 is 0 Å². The first-order valence-corrected chi connectivity index (χ1v) is 9.82. The van der Waals surface area contributed by atoms with E-state index in [0.29, 0.717) is 5.56 Å². The van der Waals surface area contributed by atoms with Gasteiger partial charge in [0.15, 0.2) is 0 Å². The SMILES string of the molecule is O=C(Nc1ccc(N2C=CCNc3c2ccc2ccccc32)cc1)c1ccncc1. The predicted molar refractivity (Wildman–Crippen MR) is 122 cm³/mol. The number of rotatable bonds is 3. The predicted octanol–water partition coefficient (Wildman–Crippen LogP) is 5.56. The van der Waals surface area contributed by atoms with Gasteiger partial charge < -0.3 is 15.5 Å². The molecule has 2 heterocycles. The van der Waals surface area contributed by atoms with Crippen molar-refractivity contribution in [1.82, 2.24) is 4.98 Å². The lowest BCUT2D eigenvalue weighted by atomic mass is 10.1. The lowest BCUT2D eigenvalue weighted by Crippen LogP contribution is -2.12. The molecule has 5 nitrogen and oxygen atoms in total. The van der Waals surface area contributed by atoms with Crippen molar-refractivity contribution in [2.75, 3.05) is 22.1 Å². The molecule has 1 aromatic heterocycles. The van der Waals surface area contributed by atoms with E-state index in [1.807, 2.05) is 24.3 Å². The van der Waals surface area contributed by atoms with Gasteiger partial charge in [0.25, 0.3) is 5.91 Å². The maximum atomic E-state index is 12.4. The average molecular weight is 392 g/mol. The minimum absolute atomic E-state index is 0.152. The van der Waals surface area contributed by atoms with E-state index in [4.69, 9.17) is 0 Å². The van der Waals surface area contributed by atoms with Crippen LogP contribution in [0.4, 0.5) is 22.7 Å². The van der Waals surface area contributed by atoms with Crippen LogP contribution in [0.5, 0.6) is 0 Å². The molecule has 0 spiro atoms. The van der Waals surface area contributed by atoms with E-state index >= 15 is 0 Å². The number of benzene rings is 3. The van der Waals surface area contributed by atoms with Crippen LogP contribution in [0.2, 0.25) is 0 Å². The summed E-state index contributed by atoms with van der Waals surface area (Å²) in [4.78, 5) is 18.5. The Balaban J connectivity index is 1.45. The molecule has 0 atom stereocenters. The van der Waals surface area contributed by atoms with Crippen LogP contribution in [0, 0.1) is 0 Å². The molecule has 2 N–H and O–H groups in total. The molecule has 0 fully saturated rings. The summed E-state index contributed by atoms with van der Waals surface area (Å²) in [6.45, 7) is 0.761. The summed E-state index contributed by atoms with van der Waals surface area (Å²) in [5.74, 6) is -0.152. The highest BCUT2D eigenvalue weighted by atomic mass is 16.1. The normalized spacial score (nSPS) is 12.7. The summed E-state index contributed by atoms with van der Waals surface area (Å²) in [5.41, 5.74) is 4.56. The van der Waals surface area contributed by atoms with Gasteiger partial charge in [0.2, 0.25) is 0 Å². The third kappa shape index (κ3) is 3.37. The van der Waals surface area contributed by atoms with Crippen molar-refractivity contribution in [3.05, 3.63) is 103 Å². The number of nitrogens with one attached hydrogen (secondary N) is 2. The molecule has 0 saturated carbocycles. The summed E-state index contributed by atoms with van der Waals surface area (Å²) in [5, 5.41) is 8.87. The van der Waals surface area contributed by atoms with Crippen molar-refractivity contribution < 1.29 is 4.79 Å². The Kier molecular flexibility index (Phi) is 4.62. The number of hydrogen-bond donors (Lipinski definition) is 2. The maximum Gasteiger partial charge on any atom is 0.255 e. The highest BCUT2D eigenvalue weighted by Crippen LogP contribution is 2.39. The van der Waals surface area contributed by atoms with E-state index in [1.165, 1.54) is 10.8 Å². The first-order chi connectivity index (χ1) is 14.8. The van der Waals surface area contributed by atoms with E-state index < -0.39 is 0 Å². The summed E-state index contributed by atoms with van der Waals surface area (Å²) in [6.07, 6.45) is 7.41. The molecule has 146 valence electrons. The van der Waals surface area contributed by atoms with Crippen LogP contribution in [0.3, 0.4) is 0 Å². The Morgan fingerprint density at radius 3 is 2.57 bits per heavy atom. The van der Waals surface area contributed by atoms with Crippen molar-refractivity contribution in [3.8, 4) is 0 Å². The molecular weight excluding hydrogens is 372 g/mol. The second kappa shape index (κ2) is 7.72. The second-order valence-corrected chi connectivity index (χ2v) is 7.05. The topological polar surface area (TPSA) is 57.3 Å². The molecule has 0 aliphatic carbocycles. The van der Waals surface area contributed by atoms with Crippen LogP contribution < -0.4 is 15.5 Å². The number of hydrogen-bond acceptors (Lipinski definition) is 4. The van der Waals surface area contributed by atoms with Crippen molar-refractivity contribution >= 4 is 39.4 Å². The third-order valence-corrected chi connectivity index (χ3v) is 5.16. The smallest absolute Gasteiger partial charge is 0.255 e. The largest absolute Gasteiger partial charge is 0.379 e. The van der Waals surface area contributed by atoms with Crippen molar-refractivity contribution in [1.29, 1.82) is 0 Å². The zero-order chi connectivity index (χ0) is 20.3. The first-order valence-electron chi connectivity index (χ1n) is 9.82. The quantitative estimate of drug-likeness (QED) is 0.479. The van der Waals surface area contributed by atoms with Crippen LogP contribution in [-0.2, 0) is 0 Å². The van der Waals surface area contributed by atoms with Gasteiger partial charge in [0.05, 0.1) is 11.4 Å². The summed E-state index contributed by atoms with van der Waals surface area (Å²) in [7, 11) is 0. The Hall–Kier alpha value is -4.12. The Morgan fingerprint density at radius 2 is 1.73 bits per heavy atom. The van der Waals surface area contributed by atoms with Gasteiger partial charge in [-0.25, -0.2) is 0 Å². The van der Waals surface area contributed by atoms with Crippen LogP contribution >= 0.6 is 0 Å². The van der Waals surface area contributed by atoms with Gasteiger partial charge in [-0.3, -0.25) is 9.78 Å². The van der Waals surface area contributed by atoms with Gasteiger partial charge in [-0.05, 0) is 53.9 Å². The average Bonchev–Trinajstić information content (AvgIpc) is 3.03. The number of aromatic nitrogens is 1. The molecule has 0 radical (unpaired) electrons. The molecule has 5 heteroatoms. The van der Waals surface area contributed by atoms with E-state index in [-0.39, 0.29) is 5.91 Å². The van der Waals surface area contributed by atoms with Crippen LogP contribution in [0.25, 0.3) is 10.8 Å². The fourth-order valence-electron chi connectivity index (χ4n) is 3.68. The number of carbonyl (C=O) groups excluding carboxylic acids is 1. The third-order valence-electron chi connectivity index (χ3n) is 5.16. The van der Waals surface area contributed by atoms with E-state index in [0.717, 1.165) is 29.3 Å². The molecule has 0 bridgehead atoms. The monoisotopic (exact) mass is 392 g/mol. The molecule has 5 rings (SSSR count). The lowest BCUT2D eigenvalue weighted by molar-refractivity contribution is 0.102.